The number of aliphatic hydroxyl groups excluding tert-OH is 1. The normalized spacial score (nSPS) is 17.0. The van der Waals surface area contributed by atoms with Gasteiger partial charge in [0.25, 0.3) is 0 Å². The molecule has 0 spiro atoms. The highest BCUT2D eigenvalue weighted by atomic mass is 16.5. The second-order valence-electron chi connectivity index (χ2n) is 5.83. The van der Waals surface area contributed by atoms with Gasteiger partial charge < -0.3 is 14.7 Å². The van der Waals surface area contributed by atoms with Gasteiger partial charge in [0.1, 0.15) is 23.8 Å². The molecule has 1 aliphatic heterocycles. The molecule has 0 fully saturated rings. The van der Waals surface area contributed by atoms with Crippen molar-refractivity contribution in [2.75, 3.05) is 34.3 Å². The summed E-state index contributed by atoms with van der Waals surface area (Å²) in [5, 5.41) is 22.9. The Bertz CT molecular complexity index is 665. The lowest BCUT2D eigenvalue weighted by Crippen LogP contribution is -2.57. The van der Waals surface area contributed by atoms with E-state index in [0.29, 0.717) is 23.7 Å². The molecule has 0 aliphatic carbocycles. The molecule has 0 atom stereocenters. The molecule has 9 nitrogen and oxygen atoms in total. The first-order valence-corrected chi connectivity index (χ1v) is 7.33. The number of aliphatic hydroxyl groups is 1. The van der Waals surface area contributed by atoms with E-state index in [1.54, 1.807) is 31.3 Å². The molecular weight excluding hydrogens is 310 g/mol. The Labute approximate surface area is 140 Å². The molecule has 2 rings (SSSR count). The summed E-state index contributed by atoms with van der Waals surface area (Å²) in [5.41, 5.74) is 13.0. The van der Waals surface area contributed by atoms with Gasteiger partial charge in [0, 0.05) is 13.6 Å². The molecule has 130 valence electrons. The maximum atomic E-state index is 9.01. The lowest BCUT2D eigenvalue weighted by molar-refractivity contribution is 0.0198. The lowest BCUT2D eigenvalue weighted by Gasteiger charge is -2.23. The maximum absolute atomic E-state index is 9.01. The number of nitrogens with zero attached hydrogens (tertiary/aromatic N) is 4. The quantitative estimate of drug-likeness (QED) is 0.520. The summed E-state index contributed by atoms with van der Waals surface area (Å²) < 4.78 is 5.26. The monoisotopic (exact) mass is 333 g/mol. The summed E-state index contributed by atoms with van der Waals surface area (Å²) in [6.07, 6.45) is 0. The molecule has 1 aromatic carbocycles. The van der Waals surface area contributed by atoms with Crippen LogP contribution in [-0.4, -0.2) is 72.4 Å². The van der Waals surface area contributed by atoms with Crippen molar-refractivity contribution in [3.05, 3.63) is 24.3 Å². The van der Waals surface area contributed by atoms with Gasteiger partial charge in [-0.15, -0.1) is 0 Å². The minimum atomic E-state index is -1.63. The number of hydrazone groups is 1. The fraction of sp³-hybridized carbons (Fsp3) is 0.400. The number of nitrogens with two attached hydrogens (primary N) is 2. The van der Waals surface area contributed by atoms with E-state index in [2.05, 4.69) is 10.1 Å². The van der Waals surface area contributed by atoms with E-state index in [1.165, 1.54) is 5.01 Å². The van der Waals surface area contributed by atoms with E-state index in [-0.39, 0.29) is 5.84 Å². The van der Waals surface area contributed by atoms with Gasteiger partial charge in [0.05, 0.1) is 5.69 Å². The van der Waals surface area contributed by atoms with E-state index in [1.807, 2.05) is 19.0 Å². The second kappa shape index (κ2) is 7.05. The zero-order chi connectivity index (χ0) is 17.9. The summed E-state index contributed by atoms with van der Waals surface area (Å²) in [5.74, 6) is -0.968. The molecular formula is C15H23N7O2. The number of rotatable bonds is 6. The van der Waals surface area contributed by atoms with E-state index >= 15 is 0 Å². The molecule has 1 aromatic rings. The predicted octanol–water partition coefficient (Wildman–Crippen LogP) is -0.458. The molecule has 24 heavy (non-hydrogen) atoms. The molecule has 0 unspecified atom stereocenters. The van der Waals surface area contributed by atoms with E-state index in [0.717, 1.165) is 5.71 Å². The molecule has 0 saturated heterocycles. The fourth-order valence-electron chi connectivity index (χ4n) is 2.06. The first-order valence-electron chi connectivity index (χ1n) is 7.33. The predicted molar refractivity (Wildman–Crippen MR) is 93.8 cm³/mol. The smallest absolute Gasteiger partial charge is 0.236 e. The van der Waals surface area contributed by atoms with Crippen molar-refractivity contribution in [3.8, 4) is 5.75 Å². The first kappa shape index (κ1) is 18.0. The standard InChI is InChI=1S/C15H23N7O2/c1-21(2)8-12-13(14(16)22(3)20-12)19-10-4-6-11(7-5-10)24-15(17,18)9-23/h4-7,16,23H,8-9,17-18H2,1-3H3. The van der Waals surface area contributed by atoms with E-state index < -0.39 is 12.5 Å². The summed E-state index contributed by atoms with van der Waals surface area (Å²) in [4.78, 5) is 6.47. The molecule has 0 amide bonds. The Morgan fingerprint density at radius 1 is 1.33 bits per heavy atom. The highest BCUT2D eigenvalue weighted by Gasteiger charge is 2.26. The van der Waals surface area contributed by atoms with Gasteiger partial charge in [0.2, 0.25) is 5.85 Å². The van der Waals surface area contributed by atoms with Crippen molar-refractivity contribution < 1.29 is 9.84 Å². The van der Waals surface area contributed by atoms with Crippen molar-refractivity contribution in [1.82, 2.24) is 9.91 Å². The van der Waals surface area contributed by atoms with Gasteiger partial charge in [-0.05, 0) is 38.4 Å². The molecule has 0 aromatic heterocycles. The summed E-state index contributed by atoms with van der Waals surface area (Å²) in [7, 11) is 5.58. The topological polar surface area (TPSA) is 137 Å². The lowest BCUT2D eigenvalue weighted by atomic mass is 10.2. The number of hydrogen-bond acceptors (Lipinski definition) is 8. The zero-order valence-corrected chi connectivity index (χ0v) is 14.0. The van der Waals surface area contributed by atoms with Crippen LogP contribution in [0.5, 0.6) is 5.75 Å². The largest absolute Gasteiger partial charge is 0.458 e. The molecule has 0 saturated carbocycles. The van der Waals surface area contributed by atoms with Crippen LogP contribution < -0.4 is 16.2 Å². The van der Waals surface area contributed by atoms with Crippen LogP contribution in [0.2, 0.25) is 0 Å². The molecule has 9 heteroatoms. The molecule has 6 N–H and O–H groups in total. The van der Waals surface area contributed by atoms with Crippen LogP contribution in [0, 0.1) is 5.41 Å². The van der Waals surface area contributed by atoms with Crippen LogP contribution >= 0.6 is 0 Å². The number of ether oxygens (including phenoxy) is 1. The highest BCUT2D eigenvalue weighted by Crippen LogP contribution is 2.21. The van der Waals surface area contributed by atoms with Crippen molar-refractivity contribution in [2.45, 2.75) is 5.85 Å². The van der Waals surface area contributed by atoms with E-state index in [4.69, 9.17) is 26.7 Å². The number of hydrogen-bond donors (Lipinski definition) is 4. The third-order valence-corrected chi connectivity index (χ3v) is 3.19. The van der Waals surface area contributed by atoms with Crippen LogP contribution in [-0.2, 0) is 0 Å². The third kappa shape index (κ3) is 4.36. The van der Waals surface area contributed by atoms with Crippen LogP contribution in [0.4, 0.5) is 5.69 Å². The van der Waals surface area contributed by atoms with Crippen molar-refractivity contribution in [3.63, 3.8) is 0 Å². The number of aliphatic imine (C=N–C) groups is 1. The minimum Gasteiger partial charge on any atom is -0.458 e. The van der Waals surface area contributed by atoms with Gasteiger partial charge in [0.15, 0.2) is 5.84 Å². The average molecular weight is 333 g/mol. The Kier molecular flexibility index (Phi) is 5.30. The Hall–Kier alpha value is -2.33. The number of amidine groups is 1. The zero-order valence-electron chi connectivity index (χ0n) is 14.0. The molecule has 0 bridgehead atoms. The van der Waals surface area contributed by atoms with Gasteiger partial charge in [-0.3, -0.25) is 16.9 Å². The van der Waals surface area contributed by atoms with E-state index in [9.17, 15) is 0 Å². The summed E-state index contributed by atoms with van der Waals surface area (Å²) >= 11 is 0. The molecule has 1 heterocycles. The summed E-state index contributed by atoms with van der Waals surface area (Å²) in [6, 6.07) is 6.73. The Morgan fingerprint density at radius 3 is 2.50 bits per heavy atom. The Morgan fingerprint density at radius 2 is 1.96 bits per heavy atom. The third-order valence-electron chi connectivity index (χ3n) is 3.19. The maximum Gasteiger partial charge on any atom is 0.236 e. The molecule has 0 radical (unpaired) electrons. The van der Waals surface area contributed by atoms with Gasteiger partial charge in [-0.1, -0.05) is 0 Å². The number of benzene rings is 1. The summed E-state index contributed by atoms with van der Waals surface area (Å²) in [6.45, 7) is 0.0804. The minimum absolute atomic E-state index is 0.246. The van der Waals surface area contributed by atoms with Crippen LogP contribution in [0.15, 0.2) is 34.4 Å². The SMILES string of the molecule is CN(C)CC1=NN(C)C(=N)C1=Nc1ccc(OC(N)(N)CO)cc1. The van der Waals surface area contributed by atoms with Crippen LogP contribution in [0.3, 0.4) is 0 Å². The first-order chi connectivity index (χ1) is 11.2. The van der Waals surface area contributed by atoms with Crippen molar-refractivity contribution in [2.24, 2.45) is 21.6 Å². The van der Waals surface area contributed by atoms with Gasteiger partial charge in [-0.25, -0.2) is 10.0 Å². The van der Waals surface area contributed by atoms with Crippen LogP contribution in [0.25, 0.3) is 0 Å². The van der Waals surface area contributed by atoms with Crippen molar-refractivity contribution in [1.29, 1.82) is 5.41 Å². The van der Waals surface area contributed by atoms with Crippen LogP contribution in [0.1, 0.15) is 0 Å². The number of nitrogens with one attached hydrogen (secondary N) is 1. The van der Waals surface area contributed by atoms with Crippen molar-refractivity contribution >= 4 is 22.9 Å². The second-order valence-corrected chi connectivity index (χ2v) is 5.83. The fourth-order valence-corrected chi connectivity index (χ4v) is 2.06. The Balaban J connectivity index is 2.21. The average Bonchev–Trinajstić information content (AvgIpc) is 2.76. The van der Waals surface area contributed by atoms with Gasteiger partial charge >= 0.3 is 0 Å². The molecule has 1 aliphatic rings. The highest BCUT2D eigenvalue weighted by molar-refractivity contribution is 6.70. The van der Waals surface area contributed by atoms with Gasteiger partial charge in [-0.2, -0.15) is 5.10 Å².